The minimum atomic E-state index is -4.36. The number of hydrogen-bond donors (Lipinski definition) is 1. The van der Waals surface area contributed by atoms with Gasteiger partial charge >= 0.3 is 6.18 Å². The Morgan fingerprint density at radius 1 is 0.974 bits per heavy atom. The lowest BCUT2D eigenvalue weighted by atomic mass is 10.0. The number of carbonyl (C=O) groups excluding carboxylic acids is 1. The van der Waals surface area contributed by atoms with Crippen molar-refractivity contribution < 1.29 is 22.2 Å². The molecule has 0 bridgehead atoms. The average Bonchev–Trinajstić information content (AvgIpc) is 3.17. The third-order valence-corrected chi connectivity index (χ3v) is 8.04. The van der Waals surface area contributed by atoms with E-state index in [0.29, 0.717) is 24.3 Å². The zero-order valence-electron chi connectivity index (χ0n) is 21.9. The maximum Gasteiger partial charge on any atom is 0.416 e. The lowest BCUT2D eigenvalue weighted by Gasteiger charge is -2.16. The molecule has 200 valence electrons. The highest BCUT2D eigenvalue weighted by Crippen LogP contribution is 2.33. The predicted molar refractivity (Wildman–Crippen MR) is 146 cm³/mol. The monoisotopic (exact) mass is 540 g/mol. The first-order valence-electron chi connectivity index (χ1n) is 12.5. The minimum absolute atomic E-state index is 0.125. The van der Waals surface area contributed by atoms with Gasteiger partial charge in [-0.25, -0.2) is 0 Å². The first kappa shape index (κ1) is 27.6. The van der Waals surface area contributed by atoms with E-state index in [9.17, 15) is 22.2 Å². The number of nitrogens with zero attached hydrogens (tertiary/aromatic N) is 1. The fraction of sp³-hybridized carbons (Fsp3) is 0.300. The normalized spacial score (nSPS) is 12.7. The van der Waals surface area contributed by atoms with Gasteiger partial charge in [0.05, 0.1) is 16.4 Å². The number of rotatable bonds is 8. The van der Waals surface area contributed by atoms with Gasteiger partial charge in [-0.3, -0.25) is 9.00 Å². The van der Waals surface area contributed by atoms with Crippen molar-refractivity contribution in [1.82, 2.24) is 9.88 Å². The molecule has 1 aromatic heterocycles. The van der Waals surface area contributed by atoms with Gasteiger partial charge in [-0.2, -0.15) is 13.2 Å². The summed E-state index contributed by atoms with van der Waals surface area (Å²) >= 11 is 0. The van der Waals surface area contributed by atoms with Crippen molar-refractivity contribution in [2.45, 2.75) is 57.8 Å². The van der Waals surface area contributed by atoms with E-state index < -0.39 is 22.5 Å². The molecule has 38 heavy (non-hydrogen) atoms. The van der Waals surface area contributed by atoms with Crippen molar-refractivity contribution in [2.24, 2.45) is 0 Å². The molecular formula is C30H31F3N2O2S. The zero-order valence-corrected chi connectivity index (χ0v) is 22.7. The van der Waals surface area contributed by atoms with Crippen molar-refractivity contribution in [3.05, 3.63) is 100 Å². The van der Waals surface area contributed by atoms with Crippen LogP contribution in [0.5, 0.6) is 0 Å². The lowest BCUT2D eigenvalue weighted by molar-refractivity contribution is -0.137. The highest BCUT2D eigenvalue weighted by molar-refractivity contribution is 7.85. The predicted octanol–water partition coefficient (Wildman–Crippen LogP) is 7.20. The van der Waals surface area contributed by atoms with Crippen LogP contribution in [0.1, 0.15) is 65.1 Å². The molecular weight excluding hydrogens is 509 g/mol. The maximum atomic E-state index is 13.0. The van der Waals surface area contributed by atoms with Gasteiger partial charge in [-0.1, -0.05) is 31.2 Å². The topological polar surface area (TPSA) is 51.1 Å². The Morgan fingerprint density at radius 3 is 2.18 bits per heavy atom. The molecule has 1 heterocycles. The summed E-state index contributed by atoms with van der Waals surface area (Å²) in [6, 6.07) is 18.4. The molecule has 0 aliphatic carbocycles. The number of halogens is 3. The van der Waals surface area contributed by atoms with E-state index in [1.54, 1.807) is 6.07 Å². The summed E-state index contributed by atoms with van der Waals surface area (Å²) in [5.41, 5.74) is 4.57. The fourth-order valence-corrected chi connectivity index (χ4v) is 5.46. The van der Waals surface area contributed by atoms with E-state index in [2.05, 4.69) is 23.7 Å². The molecule has 4 aromatic rings. The third-order valence-electron chi connectivity index (χ3n) is 6.72. The van der Waals surface area contributed by atoms with E-state index in [1.165, 1.54) is 12.1 Å². The standard InChI is InChI=1S/C30H31F3N2O2S/c1-5-38(37)25-13-8-22(9-14-25)18-34-29(36)23-10-15-27-26(17-23)20(4)28(35(27)19(2)3)16-21-6-11-24(12-7-21)30(31,32)33/h6-15,17,19H,5,16,18H2,1-4H3,(H,34,36). The molecule has 3 aromatic carbocycles. The molecule has 4 rings (SSSR count). The molecule has 8 heteroatoms. The van der Waals surface area contributed by atoms with Gasteiger partial charge < -0.3 is 9.88 Å². The van der Waals surface area contributed by atoms with Crippen LogP contribution in [0.2, 0.25) is 0 Å². The van der Waals surface area contributed by atoms with Gasteiger partial charge in [0.2, 0.25) is 0 Å². The molecule has 0 saturated heterocycles. The molecule has 0 aliphatic rings. The SMILES string of the molecule is CCS(=O)c1ccc(CNC(=O)c2ccc3c(c2)c(C)c(Cc2ccc(C(F)(F)F)cc2)n3C(C)C)cc1. The lowest BCUT2D eigenvalue weighted by Crippen LogP contribution is -2.22. The van der Waals surface area contributed by atoms with Gasteiger partial charge in [0.15, 0.2) is 0 Å². The van der Waals surface area contributed by atoms with E-state index in [-0.39, 0.29) is 11.9 Å². The van der Waals surface area contributed by atoms with Crippen molar-refractivity contribution in [2.75, 3.05) is 5.75 Å². The molecule has 1 atom stereocenters. The van der Waals surface area contributed by atoms with E-state index in [0.717, 1.165) is 50.3 Å². The summed E-state index contributed by atoms with van der Waals surface area (Å²) in [5, 5.41) is 3.89. The van der Waals surface area contributed by atoms with Crippen LogP contribution in [0.25, 0.3) is 10.9 Å². The number of carbonyl (C=O) groups is 1. The summed E-state index contributed by atoms with van der Waals surface area (Å²) in [6.07, 6.45) is -3.88. The summed E-state index contributed by atoms with van der Waals surface area (Å²) < 4.78 is 53.1. The summed E-state index contributed by atoms with van der Waals surface area (Å²) in [5.74, 6) is 0.358. The van der Waals surface area contributed by atoms with Crippen molar-refractivity contribution in [3.63, 3.8) is 0 Å². The molecule has 1 amide bonds. The van der Waals surface area contributed by atoms with Gasteiger partial charge in [0.1, 0.15) is 0 Å². The first-order valence-corrected chi connectivity index (χ1v) is 13.9. The molecule has 0 saturated carbocycles. The Labute approximate surface area is 223 Å². The van der Waals surface area contributed by atoms with Crippen LogP contribution in [0, 0.1) is 6.92 Å². The fourth-order valence-electron chi connectivity index (χ4n) is 4.69. The third kappa shape index (κ3) is 5.85. The summed E-state index contributed by atoms with van der Waals surface area (Å²) in [7, 11) is -1.01. The zero-order chi connectivity index (χ0) is 27.6. The van der Waals surface area contributed by atoms with Crippen molar-refractivity contribution in [1.29, 1.82) is 0 Å². The van der Waals surface area contributed by atoms with E-state index >= 15 is 0 Å². The number of aromatic nitrogens is 1. The molecule has 0 fully saturated rings. The van der Waals surface area contributed by atoms with E-state index in [4.69, 9.17) is 0 Å². The Kier molecular flexibility index (Phi) is 8.11. The van der Waals surface area contributed by atoms with Crippen LogP contribution in [-0.2, 0) is 29.9 Å². The average molecular weight is 541 g/mol. The molecule has 0 radical (unpaired) electrons. The maximum absolute atomic E-state index is 13.0. The summed E-state index contributed by atoms with van der Waals surface area (Å²) in [4.78, 5) is 13.7. The van der Waals surface area contributed by atoms with Crippen molar-refractivity contribution in [3.8, 4) is 0 Å². The van der Waals surface area contributed by atoms with Crippen LogP contribution in [0.4, 0.5) is 13.2 Å². The van der Waals surface area contributed by atoms with Gasteiger partial charge in [-0.05, 0) is 79.9 Å². The van der Waals surface area contributed by atoms with Gasteiger partial charge in [0, 0.05) is 51.8 Å². The second-order valence-corrected chi connectivity index (χ2v) is 11.3. The van der Waals surface area contributed by atoms with Crippen LogP contribution < -0.4 is 5.32 Å². The van der Waals surface area contributed by atoms with E-state index in [1.807, 2.05) is 50.2 Å². The Balaban J connectivity index is 1.57. The highest BCUT2D eigenvalue weighted by atomic mass is 32.2. The Bertz CT molecular complexity index is 1470. The largest absolute Gasteiger partial charge is 0.416 e. The molecule has 0 aliphatic heterocycles. The quantitative estimate of drug-likeness (QED) is 0.257. The summed E-state index contributed by atoms with van der Waals surface area (Å²) in [6.45, 7) is 8.34. The molecule has 4 nitrogen and oxygen atoms in total. The smallest absolute Gasteiger partial charge is 0.348 e. The number of fused-ring (bicyclic) bond motifs is 1. The minimum Gasteiger partial charge on any atom is -0.348 e. The number of aryl methyl sites for hydroxylation is 1. The first-order chi connectivity index (χ1) is 18.0. The van der Waals surface area contributed by atoms with Crippen LogP contribution in [-0.4, -0.2) is 20.4 Å². The molecule has 1 unspecified atom stereocenters. The van der Waals surface area contributed by atoms with Crippen LogP contribution in [0.3, 0.4) is 0 Å². The van der Waals surface area contributed by atoms with Gasteiger partial charge in [-0.15, -0.1) is 0 Å². The molecule has 0 spiro atoms. The number of alkyl halides is 3. The number of hydrogen-bond acceptors (Lipinski definition) is 2. The second kappa shape index (κ2) is 11.2. The number of nitrogens with one attached hydrogen (secondary N) is 1. The van der Waals surface area contributed by atoms with Gasteiger partial charge in [0.25, 0.3) is 5.91 Å². The molecule has 1 N–H and O–H groups in total. The van der Waals surface area contributed by atoms with Crippen molar-refractivity contribution >= 4 is 27.6 Å². The second-order valence-electron chi connectivity index (χ2n) is 9.60. The Hall–Kier alpha value is -3.39. The Morgan fingerprint density at radius 2 is 1.61 bits per heavy atom. The number of amides is 1. The van der Waals surface area contributed by atoms with Crippen LogP contribution in [0.15, 0.2) is 71.6 Å². The van der Waals surface area contributed by atoms with Crippen LogP contribution >= 0.6 is 0 Å². The number of benzene rings is 3. The highest BCUT2D eigenvalue weighted by Gasteiger charge is 2.30.